The Hall–Kier alpha value is -0.670. The lowest BCUT2D eigenvalue weighted by Gasteiger charge is -2.21. The molecule has 0 saturated carbocycles. The highest BCUT2D eigenvalue weighted by atomic mass is 32.1. The monoisotopic (exact) mass is 253 g/mol. The predicted octanol–water partition coefficient (Wildman–Crippen LogP) is 3.47. The van der Waals surface area contributed by atoms with Crippen molar-refractivity contribution in [2.45, 2.75) is 34.1 Å². The maximum absolute atomic E-state index is 12.1. The van der Waals surface area contributed by atoms with Gasteiger partial charge in [0.1, 0.15) is 0 Å². The predicted molar refractivity (Wildman–Crippen MR) is 75.0 cm³/mol. The fourth-order valence-corrected chi connectivity index (χ4v) is 2.70. The number of hydrogen-bond acceptors (Lipinski definition) is 3. The second-order valence-electron chi connectivity index (χ2n) is 4.76. The van der Waals surface area contributed by atoms with Gasteiger partial charge in [0.05, 0.1) is 11.4 Å². The molecule has 2 nitrogen and oxygen atoms in total. The quantitative estimate of drug-likeness (QED) is 0.693. The molecule has 3 heteroatoms. The Balaban J connectivity index is 2.57. The van der Waals surface area contributed by atoms with Crippen LogP contribution < -0.4 is 0 Å². The molecule has 17 heavy (non-hydrogen) atoms. The van der Waals surface area contributed by atoms with Crippen LogP contribution >= 0.6 is 11.3 Å². The van der Waals surface area contributed by atoms with Crippen LogP contribution in [0, 0.1) is 5.92 Å². The Bertz CT molecular complexity index is 357. The topological polar surface area (TPSA) is 20.3 Å². The fourth-order valence-electron chi connectivity index (χ4n) is 1.82. The second-order valence-corrected chi connectivity index (χ2v) is 5.93. The van der Waals surface area contributed by atoms with E-state index in [1.807, 2.05) is 6.07 Å². The Kier molecular flexibility index (Phi) is 5.86. The molecule has 0 spiro atoms. The molecule has 0 aromatic carbocycles. The van der Waals surface area contributed by atoms with Crippen molar-refractivity contribution in [3.8, 4) is 0 Å². The summed E-state index contributed by atoms with van der Waals surface area (Å²) < 4.78 is 0. The molecule has 0 amide bonds. The molecule has 0 bridgehead atoms. The third-order valence-electron chi connectivity index (χ3n) is 2.72. The minimum Gasteiger partial charge on any atom is -0.296 e. The molecule has 0 saturated heterocycles. The van der Waals surface area contributed by atoms with Gasteiger partial charge in [-0.15, -0.1) is 11.3 Å². The van der Waals surface area contributed by atoms with Crippen LogP contribution in [0.1, 0.15) is 42.2 Å². The molecule has 0 aliphatic heterocycles. The van der Waals surface area contributed by atoms with E-state index < -0.39 is 0 Å². The summed E-state index contributed by atoms with van der Waals surface area (Å²) in [5.41, 5.74) is 0. The van der Waals surface area contributed by atoms with Gasteiger partial charge >= 0.3 is 0 Å². The third kappa shape index (κ3) is 4.60. The number of Topliss-reactive ketones (excluding diaryl/α,β-unsaturated/α-hetero) is 1. The summed E-state index contributed by atoms with van der Waals surface area (Å²) in [5.74, 6) is 0.870. The first-order valence-corrected chi connectivity index (χ1v) is 7.22. The first-order chi connectivity index (χ1) is 8.06. The van der Waals surface area contributed by atoms with Gasteiger partial charge in [-0.3, -0.25) is 9.69 Å². The lowest BCUT2D eigenvalue weighted by molar-refractivity contribution is 0.0930. The zero-order valence-corrected chi connectivity index (χ0v) is 12.1. The van der Waals surface area contributed by atoms with Gasteiger partial charge < -0.3 is 0 Å². The zero-order chi connectivity index (χ0) is 12.8. The number of nitrogens with zero attached hydrogens (tertiary/aromatic N) is 1. The number of ketones is 1. The minimum absolute atomic E-state index is 0.261. The number of carbonyl (C=O) groups excluding carboxylic acids is 1. The Morgan fingerprint density at radius 2 is 2.06 bits per heavy atom. The van der Waals surface area contributed by atoms with Gasteiger partial charge in [-0.25, -0.2) is 0 Å². The fraction of sp³-hybridized carbons (Fsp3) is 0.643. The van der Waals surface area contributed by atoms with Crippen LogP contribution in [0.15, 0.2) is 12.1 Å². The van der Waals surface area contributed by atoms with E-state index in [4.69, 9.17) is 0 Å². The van der Waals surface area contributed by atoms with Crippen molar-refractivity contribution in [3.63, 3.8) is 0 Å². The number of aryl methyl sites for hydroxylation is 1. The van der Waals surface area contributed by atoms with E-state index in [2.05, 4.69) is 38.7 Å². The smallest absolute Gasteiger partial charge is 0.186 e. The van der Waals surface area contributed by atoms with Gasteiger partial charge in [-0.2, -0.15) is 0 Å². The average molecular weight is 253 g/mol. The molecule has 0 unspecified atom stereocenters. The molecular formula is C14H23NOS. The van der Waals surface area contributed by atoms with Crippen molar-refractivity contribution in [2.75, 3.05) is 19.6 Å². The highest BCUT2D eigenvalue weighted by molar-refractivity contribution is 7.14. The first-order valence-electron chi connectivity index (χ1n) is 6.41. The van der Waals surface area contributed by atoms with Gasteiger partial charge in [0, 0.05) is 11.4 Å². The Morgan fingerprint density at radius 3 is 2.53 bits per heavy atom. The van der Waals surface area contributed by atoms with Crippen LogP contribution in [0.25, 0.3) is 0 Å². The SMILES string of the molecule is CCc1ccc(C(=O)CN(CC)CC(C)C)s1. The van der Waals surface area contributed by atoms with Crippen molar-refractivity contribution in [1.29, 1.82) is 0 Å². The standard InChI is InChI=1S/C14H23NOS/c1-5-12-7-8-14(17-12)13(16)10-15(6-2)9-11(3)4/h7-8,11H,5-6,9-10H2,1-4H3. The Labute approximate surface area is 109 Å². The molecule has 0 N–H and O–H groups in total. The lowest BCUT2D eigenvalue weighted by Crippen LogP contribution is -2.32. The molecular weight excluding hydrogens is 230 g/mol. The average Bonchev–Trinajstić information content (AvgIpc) is 2.75. The molecule has 1 heterocycles. The summed E-state index contributed by atoms with van der Waals surface area (Å²) >= 11 is 1.64. The zero-order valence-electron chi connectivity index (χ0n) is 11.3. The summed E-state index contributed by atoms with van der Waals surface area (Å²) in [5, 5.41) is 0. The number of hydrogen-bond donors (Lipinski definition) is 0. The minimum atomic E-state index is 0.261. The summed E-state index contributed by atoms with van der Waals surface area (Å²) in [6.45, 7) is 11.1. The molecule has 1 aromatic heterocycles. The van der Waals surface area contributed by atoms with Crippen molar-refractivity contribution in [3.05, 3.63) is 21.9 Å². The van der Waals surface area contributed by atoms with Crippen molar-refractivity contribution in [1.82, 2.24) is 4.90 Å². The van der Waals surface area contributed by atoms with E-state index in [1.54, 1.807) is 11.3 Å². The maximum Gasteiger partial charge on any atom is 0.186 e. The molecule has 96 valence electrons. The molecule has 0 aliphatic rings. The maximum atomic E-state index is 12.1. The summed E-state index contributed by atoms with van der Waals surface area (Å²) in [6.07, 6.45) is 1.02. The summed E-state index contributed by atoms with van der Waals surface area (Å²) in [4.78, 5) is 16.5. The summed E-state index contributed by atoms with van der Waals surface area (Å²) in [6, 6.07) is 4.03. The molecule has 1 rings (SSSR count). The van der Waals surface area contributed by atoms with E-state index in [9.17, 15) is 4.79 Å². The number of carbonyl (C=O) groups is 1. The third-order valence-corrected chi connectivity index (χ3v) is 3.99. The highest BCUT2D eigenvalue weighted by Crippen LogP contribution is 2.17. The van der Waals surface area contributed by atoms with Crippen LogP contribution in [-0.4, -0.2) is 30.3 Å². The molecule has 0 radical (unpaired) electrons. The van der Waals surface area contributed by atoms with Gasteiger partial charge in [-0.05, 0) is 31.0 Å². The van der Waals surface area contributed by atoms with E-state index in [0.717, 1.165) is 24.4 Å². The van der Waals surface area contributed by atoms with Gasteiger partial charge in [0.2, 0.25) is 0 Å². The molecule has 0 atom stereocenters. The van der Waals surface area contributed by atoms with Crippen LogP contribution in [0.4, 0.5) is 0 Å². The van der Waals surface area contributed by atoms with Gasteiger partial charge in [0.25, 0.3) is 0 Å². The van der Waals surface area contributed by atoms with E-state index in [0.29, 0.717) is 12.5 Å². The van der Waals surface area contributed by atoms with E-state index in [-0.39, 0.29) is 5.78 Å². The van der Waals surface area contributed by atoms with Crippen molar-refractivity contribution in [2.24, 2.45) is 5.92 Å². The van der Waals surface area contributed by atoms with Crippen molar-refractivity contribution < 1.29 is 4.79 Å². The van der Waals surface area contributed by atoms with Gasteiger partial charge in [-0.1, -0.05) is 27.7 Å². The molecule has 0 aliphatic carbocycles. The molecule has 1 aromatic rings. The van der Waals surface area contributed by atoms with Crippen LogP contribution in [-0.2, 0) is 6.42 Å². The largest absolute Gasteiger partial charge is 0.296 e. The highest BCUT2D eigenvalue weighted by Gasteiger charge is 2.13. The first kappa shape index (κ1) is 14.4. The van der Waals surface area contributed by atoms with E-state index in [1.165, 1.54) is 4.88 Å². The second kappa shape index (κ2) is 6.92. The lowest BCUT2D eigenvalue weighted by atomic mass is 10.2. The van der Waals surface area contributed by atoms with E-state index >= 15 is 0 Å². The Morgan fingerprint density at radius 1 is 1.35 bits per heavy atom. The number of likely N-dealkylation sites (N-methyl/N-ethyl adjacent to an activating group) is 1. The van der Waals surface area contributed by atoms with Gasteiger partial charge in [0.15, 0.2) is 5.78 Å². The number of rotatable bonds is 7. The van der Waals surface area contributed by atoms with Crippen LogP contribution in [0.2, 0.25) is 0 Å². The van der Waals surface area contributed by atoms with Crippen LogP contribution in [0.5, 0.6) is 0 Å². The molecule has 0 fully saturated rings. The van der Waals surface area contributed by atoms with Crippen molar-refractivity contribution >= 4 is 17.1 Å². The number of thiophene rings is 1. The summed E-state index contributed by atoms with van der Waals surface area (Å²) in [7, 11) is 0. The normalized spacial score (nSPS) is 11.4. The van der Waals surface area contributed by atoms with Crippen LogP contribution in [0.3, 0.4) is 0 Å².